The first-order valence-electron chi connectivity index (χ1n) is 6.35. The number of fused-ring (bicyclic) bond motifs is 2. The van der Waals surface area contributed by atoms with E-state index >= 15 is 0 Å². The van der Waals surface area contributed by atoms with Crippen LogP contribution < -0.4 is 0 Å². The quantitative estimate of drug-likeness (QED) is 0.279. The molecule has 0 heterocycles. The third-order valence-corrected chi connectivity index (χ3v) is 3.71. The Bertz CT molecular complexity index is 897. The van der Waals surface area contributed by atoms with Crippen molar-refractivity contribution in [1.29, 1.82) is 0 Å². The molecule has 118 valence electrons. The number of benzene rings is 2. The Morgan fingerprint density at radius 1 is 0.696 bits per heavy atom. The van der Waals surface area contributed by atoms with Gasteiger partial charge in [-0.2, -0.15) is 0 Å². The molecule has 8 heteroatoms. The van der Waals surface area contributed by atoms with E-state index in [1.54, 1.807) is 0 Å². The van der Waals surface area contributed by atoms with Gasteiger partial charge in [0.05, 0.1) is 23.3 Å². The van der Waals surface area contributed by atoms with Crippen molar-refractivity contribution in [3.63, 3.8) is 0 Å². The van der Waals surface area contributed by atoms with Crippen LogP contribution in [0.15, 0.2) is 12.1 Å². The van der Waals surface area contributed by atoms with Gasteiger partial charge in [-0.05, 0) is 6.07 Å². The van der Waals surface area contributed by atoms with Gasteiger partial charge in [-0.1, -0.05) is 0 Å². The number of aliphatic hydroxyl groups excluding tert-OH is 1. The predicted octanol–water partition coefficient (Wildman–Crippen LogP) is 0.482. The maximum absolute atomic E-state index is 12.5. The summed E-state index contributed by atoms with van der Waals surface area (Å²) in [5.74, 6) is -6.09. The zero-order chi connectivity index (χ0) is 17.0. The topological polar surface area (TPSA) is 156 Å². The summed E-state index contributed by atoms with van der Waals surface area (Å²) >= 11 is 0. The predicted molar refractivity (Wildman–Crippen MR) is 74.0 cm³/mol. The van der Waals surface area contributed by atoms with Crippen LogP contribution in [0.4, 0.5) is 0 Å². The minimum atomic E-state index is -1.01. The second kappa shape index (κ2) is 4.62. The molecule has 0 aromatic heterocycles. The Labute approximate surface area is 128 Å². The highest BCUT2D eigenvalue weighted by Gasteiger charge is 2.39. The SMILES string of the molecule is O=C1c2c(cc(CO)c(O)c2O)C(=O)c2c(O)c(O)cc(O)c21. The molecular formula is C15H10O8. The molecule has 0 saturated carbocycles. The molecule has 0 atom stereocenters. The summed E-state index contributed by atoms with van der Waals surface area (Å²) in [6.45, 7) is -0.710. The summed E-state index contributed by atoms with van der Waals surface area (Å²) < 4.78 is 0. The minimum absolute atomic E-state index is 0.199. The standard InChI is InChI=1S/C15H10O8/c16-3-4-1-5-8(15(23)11(4)19)14(22)9-6(17)2-7(18)13(21)10(9)12(5)20/h1-2,16-19,21,23H,3H2. The lowest BCUT2D eigenvalue weighted by Crippen LogP contribution is -2.22. The number of aliphatic hydroxyl groups is 1. The largest absolute Gasteiger partial charge is 0.507 e. The molecular weight excluding hydrogens is 308 g/mol. The van der Waals surface area contributed by atoms with E-state index in [0.717, 1.165) is 6.07 Å². The molecule has 0 amide bonds. The van der Waals surface area contributed by atoms with Crippen molar-refractivity contribution in [3.05, 3.63) is 39.9 Å². The van der Waals surface area contributed by atoms with Gasteiger partial charge in [0.1, 0.15) is 5.75 Å². The van der Waals surface area contributed by atoms with Crippen LogP contribution >= 0.6 is 0 Å². The lowest BCUT2D eigenvalue weighted by atomic mass is 9.81. The average Bonchev–Trinajstić information content (AvgIpc) is 2.50. The molecule has 2 aromatic carbocycles. The van der Waals surface area contributed by atoms with Crippen LogP contribution in [-0.4, -0.2) is 42.2 Å². The first kappa shape index (κ1) is 14.7. The summed E-state index contributed by atoms with van der Waals surface area (Å²) in [5, 5.41) is 58.0. The molecule has 2 aromatic rings. The Morgan fingerprint density at radius 3 is 1.96 bits per heavy atom. The number of aromatic hydroxyl groups is 5. The highest BCUT2D eigenvalue weighted by molar-refractivity contribution is 6.31. The van der Waals surface area contributed by atoms with E-state index < -0.39 is 63.6 Å². The van der Waals surface area contributed by atoms with Crippen LogP contribution in [0.5, 0.6) is 28.7 Å². The Kier molecular flexibility index (Phi) is 2.94. The fourth-order valence-electron chi connectivity index (χ4n) is 2.60. The van der Waals surface area contributed by atoms with E-state index in [1.165, 1.54) is 0 Å². The number of carbonyl (C=O) groups excluding carboxylic acids is 2. The first-order chi connectivity index (χ1) is 10.8. The van der Waals surface area contributed by atoms with E-state index in [2.05, 4.69) is 0 Å². The van der Waals surface area contributed by atoms with Crippen molar-refractivity contribution in [2.75, 3.05) is 0 Å². The van der Waals surface area contributed by atoms with Gasteiger partial charge in [0, 0.05) is 17.2 Å². The van der Waals surface area contributed by atoms with Gasteiger partial charge in [-0.25, -0.2) is 0 Å². The molecule has 0 unspecified atom stereocenters. The normalized spacial score (nSPS) is 12.9. The molecule has 0 radical (unpaired) electrons. The van der Waals surface area contributed by atoms with Gasteiger partial charge in [0.15, 0.2) is 28.8 Å². The third-order valence-electron chi connectivity index (χ3n) is 3.71. The smallest absolute Gasteiger partial charge is 0.202 e. The van der Waals surface area contributed by atoms with Gasteiger partial charge in [-0.3, -0.25) is 9.59 Å². The summed E-state index contributed by atoms with van der Waals surface area (Å²) in [5.41, 5.74) is -2.34. The summed E-state index contributed by atoms with van der Waals surface area (Å²) in [6.07, 6.45) is 0. The summed E-state index contributed by atoms with van der Waals surface area (Å²) in [6, 6.07) is 1.68. The summed E-state index contributed by atoms with van der Waals surface area (Å²) in [4.78, 5) is 25.0. The van der Waals surface area contributed by atoms with E-state index in [-0.39, 0.29) is 11.1 Å². The highest BCUT2D eigenvalue weighted by atomic mass is 16.3. The van der Waals surface area contributed by atoms with Crippen LogP contribution in [0.25, 0.3) is 0 Å². The van der Waals surface area contributed by atoms with Gasteiger partial charge in [0.25, 0.3) is 0 Å². The maximum atomic E-state index is 12.5. The van der Waals surface area contributed by atoms with Gasteiger partial charge in [-0.15, -0.1) is 0 Å². The van der Waals surface area contributed by atoms with Gasteiger partial charge < -0.3 is 30.6 Å². The van der Waals surface area contributed by atoms with E-state index in [0.29, 0.717) is 6.07 Å². The number of hydrogen-bond acceptors (Lipinski definition) is 8. The molecule has 1 aliphatic carbocycles. The molecule has 0 aliphatic heterocycles. The molecule has 1 aliphatic rings. The number of hydrogen-bond donors (Lipinski definition) is 6. The zero-order valence-corrected chi connectivity index (χ0v) is 11.4. The van der Waals surface area contributed by atoms with Crippen LogP contribution in [-0.2, 0) is 6.61 Å². The molecule has 23 heavy (non-hydrogen) atoms. The van der Waals surface area contributed by atoms with Crippen molar-refractivity contribution in [1.82, 2.24) is 0 Å². The fraction of sp³-hybridized carbons (Fsp3) is 0.0667. The minimum Gasteiger partial charge on any atom is -0.507 e. The van der Waals surface area contributed by atoms with Gasteiger partial charge in [0.2, 0.25) is 5.78 Å². The molecule has 8 nitrogen and oxygen atoms in total. The number of carbonyl (C=O) groups is 2. The molecule has 3 rings (SSSR count). The third kappa shape index (κ3) is 1.75. The van der Waals surface area contributed by atoms with Crippen LogP contribution in [0.1, 0.15) is 37.4 Å². The van der Waals surface area contributed by atoms with Gasteiger partial charge >= 0.3 is 0 Å². The van der Waals surface area contributed by atoms with Crippen LogP contribution in [0, 0.1) is 0 Å². The lowest BCUT2D eigenvalue weighted by molar-refractivity contribution is 0.0970. The number of rotatable bonds is 1. The monoisotopic (exact) mass is 318 g/mol. The number of phenolic OH excluding ortho intramolecular Hbond substituents is 4. The molecule has 6 N–H and O–H groups in total. The van der Waals surface area contributed by atoms with Crippen LogP contribution in [0.2, 0.25) is 0 Å². The number of ketones is 2. The highest BCUT2D eigenvalue weighted by Crippen LogP contribution is 2.46. The van der Waals surface area contributed by atoms with E-state index in [9.17, 15) is 35.1 Å². The Balaban J connectivity index is 2.43. The van der Waals surface area contributed by atoms with Crippen molar-refractivity contribution in [2.24, 2.45) is 0 Å². The maximum Gasteiger partial charge on any atom is 0.202 e. The van der Waals surface area contributed by atoms with Crippen LogP contribution in [0.3, 0.4) is 0 Å². The first-order valence-corrected chi connectivity index (χ1v) is 6.35. The second-order valence-corrected chi connectivity index (χ2v) is 4.99. The molecule has 0 bridgehead atoms. The van der Waals surface area contributed by atoms with E-state index in [1.807, 2.05) is 0 Å². The summed E-state index contributed by atoms with van der Waals surface area (Å²) in [7, 11) is 0. The Hall–Kier alpha value is -3.26. The Morgan fingerprint density at radius 2 is 1.35 bits per heavy atom. The van der Waals surface area contributed by atoms with E-state index in [4.69, 9.17) is 5.11 Å². The lowest BCUT2D eigenvalue weighted by Gasteiger charge is -2.21. The molecule has 0 fully saturated rings. The molecule has 0 saturated heterocycles. The molecule has 0 spiro atoms. The fourth-order valence-corrected chi connectivity index (χ4v) is 2.60. The zero-order valence-electron chi connectivity index (χ0n) is 11.4. The van der Waals surface area contributed by atoms with Crippen molar-refractivity contribution < 1.29 is 40.2 Å². The number of phenols is 5. The van der Waals surface area contributed by atoms with Crippen molar-refractivity contribution >= 4 is 11.6 Å². The van der Waals surface area contributed by atoms with Crippen molar-refractivity contribution in [2.45, 2.75) is 6.61 Å². The average molecular weight is 318 g/mol. The van der Waals surface area contributed by atoms with Crippen molar-refractivity contribution in [3.8, 4) is 28.7 Å². The second-order valence-electron chi connectivity index (χ2n) is 4.99.